The van der Waals surface area contributed by atoms with E-state index in [1.54, 1.807) is 12.0 Å². The summed E-state index contributed by atoms with van der Waals surface area (Å²) in [6.07, 6.45) is 2.64. The number of carbonyl (C=O) groups is 1. The monoisotopic (exact) mass is 449 g/mol. The minimum atomic E-state index is -0.247. The van der Waals surface area contributed by atoms with Gasteiger partial charge in [-0.25, -0.2) is 4.79 Å². The molecule has 1 saturated heterocycles. The van der Waals surface area contributed by atoms with Gasteiger partial charge in [-0.05, 0) is 77.5 Å². The number of methoxy groups -OCH3 is 1. The van der Waals surface area contributed by atoms with Crippen molar-refractivity contribution in [2.24, 2.45) is 0 Å². The third-order valence-electron chi connectivity index (χ3n) is 6.20. The molecule has 1 aromatic heterocycles. The van der Waals surface area contributed by atoms with Gasteiger partial charge >= 0.3 is 6.09 Å². The highest BCUT2D eigenvalue weighted by atomic mass is 16.6. The van der Waals surface area contributed by atoms with E-state index < -0.39 is 0 Å². The largest absolute Gasteiger partial charge is 0.478 e. The molecule has 1 fully saturated rings. The number of ether oxygens (including phenoxy) is 3. The Morgan fingerprint density at radius 2 is 1.94 bits per heavy atom. The average molecular weight is 450 g/mol. The first-order valence-corrected chi connectivity index (χ1v) is 11.0. The molecule has 33 heavy (non-hydrogen) atoms. The summed E-state index contributed by atoms with van der Waals surface area (Å²) in [6.45, 7) is 6.30. The number of nitrogens with zero attached hydrogens (tertiary/aromatic N) is 3. The van der Waals surface area contributed by atoms with E-state index in [0.717, 1.165) is 44.7 Å². The fraction of sp³-hybridized carbons (Fsp3) is 0.360. The SMILES string of the molecule is COc1noc2c(C)cc(/C(=C/CCN3CCOC3=O)c3cc(C)c4c(c3)N(C)CO4)cc12. The summed E-state index contributed by atoms with van der Waals surface area (Å²) in [6, 6.07) is 8.47. The number of hydrogen-bond acceptors (Lipinski definition) is 7. The summed E-state index contributed by atoms with van der Waals surface area (Å²) in [5.41, 5.74) is 7.04. The molecule has 172 valence electrons. The molecule has 3 aromatic rings. The number of rotatable bonds is 6. The number of fused-ring (bicyclic) bond motifs is 2. The van der Waals surface area contributed by atoms with Crippen molar-refractivity contribution >= 4 is 28.3 Å². The number of aromatic nitrogens is 1. The first-order valence-electron chi connectivity index (χ1n) is 11.0. The standard InChI is InChI=1S/C25H27N3O5/c1-15-10-17(12-20-22(15)33-26-24(20)30-4)19(6-5-7-28-8-9-31-25(28)29)18-11-16(2)23-21(13-18)27(3)14-32-23/h6,10-13H,5,7-9,14H2,1-4H3/b19-6-. The second-order valence-corrected chi connectivity index (χ2v) is 8.48. The van der Waals surface area contributed by atoms with Crippen LogP contribution < -0.4 is 14.4 Å². The Morgan fingerprint density at radius 1 is 1.15 bits per heavy atom. The van der Waals surface area contributed by atoms with Crippen molar-refractivity contribution in [1.29, 1.82) is 0 Å². The van der Waals surface area contributed by atoms with Crippen LogP contribution in [-0.4, -0.2) is 56.7 Å². The van der Waals surface area contributed by atoms with Crippen molar-refractivity contribution < 1.29 is 23.5 Å². The highest BCUT2D eigenvalue weighted by Crippen LogP contribution is 2.41. The number of benzene rings is 2. The molecule has 1 amide bonds. The van der Waals surface area contributed by atoms with Crippen molar-refractivity contribution in [3.63, 3.8) is 0 Å². The van der Waals surface area contributed by atoms with Crippen LogP contribution >= 0.6 is 0 Å². The molecule has 0 bridgehead atoms. The molecule has 3 heterocycles. The van der Waals surface area contributed by atoms with E-state index in [1.807, 2.05) is 14.0 Å². The normalized spacial score (nSPS) is 15.8. The zero-order valence-corrected chi connectivity index (χ0v) is 19.3. The van der Waals surface area contributed by atoms with Gasteiger partial charge in [0.25, 0.3) is 5.88 Å². The third-order valence-corrected chi connectivity index (χ3v) is 6.20. The Hall–Kier alpha value is -3.68. The van der Waals surface area contributed by atoms with Crippen molar-refractivity contribution in [3.8, 4) is 11.6 Å². The van der Waals surface area contributed by atoms with Crippen LogP contribution in [0, 0.1) is 13.8 Å². The first-order chi connectivity index (χ1) is 16.0. The van der Waals surface area contributed by atoms with Crippen LogP contribution in [-0.2, 0) is 4.74 Å². The molecule has 0 radical (unpaired) electrons. The predicted molar refractivity (Wildman–Crippen MR) is 125 cm³/mol. The lowest BCUT2D eigenvalue weighted by Crippen LogP contribution is -2.24. The number of amides is 1. The molecule has 8 heteroatoms. The molecule has 0 unspecified atom stereocenters. The Balaban J connectivity index is 1.60. The van der Waals surface area contributed by atoms with Crippen molar-refractivity contribution in [3.05, 3.63) is 52.6 Å². The number of anilines is 1. The van der Waals surface area contributed by atoms with Crippen molar-refractivity contribution in [2.45, 2.75) is 20.3 Å². The number of aryl methyl sites for hydroxylation is 2. The van der Waals surface area contributed by atoms with Crippen LogP contribution in [0.3, 0.4) is 0 Å². The highest BCUT2D eigenvalue weighted by Gasteiger charge is 2.23. The molecule has 2 aliphatic rings. The van der Waals surface area contributed by atoms with Gasteiger partial charge in [-0.15, -0.1) is 0 Å². The second kappa shape index (κ2) is 8.35. The van der Waals surface area contributed by atoms with Crippen molar-refractivity contribution in [1.82, 2.24) is 10.1 Å². The Bertz CT molecular complexity index is 1260. The van der Waals surface area contributed by atoms with Crippen LogP contribution in [0.25, 0.3) is 16.5 Å². The molecule has 0 atom stereocenters. The van der Waals surface area contributed by atoms with E-state index >= 15 is 0 Å². The van der Waals surface area contributed by atoms with Crippen molar-refractivity contribution in [2.75, 3.05) is 45.5 Å². The molecule has 2 aromatic carbocycles. The second-order valence-electron chi connectivity index (χ2n) is 8.48. The molecule has 0 N–H and O–H groups in total. The van der Waals surface area contributed by atoms with Crippen LogP contribution in [0.5, 0.6) is 11.6 Å². The molecule has 2 aliphatic heterocycles. The van der Waals surface area contributed by atoms with Gasteiger partial charge < -0.3 is 28.5 Å². The summed E-state index contributed by atoms with van der Waals surface area (Å²) >= 11 is 0. The van der Waals surface area contributed by atoms with Gasteiger partial charge in [0.1, 0.15) is 12.4 Å². The maximum Gasteiger partial charge on any atom is 0.409 e. The quantitative estimate of drug-likeness (QED) is 0.548. The van der Waals surface area contributed by atoms with Crippen LogP contribution in [0.4, 0.5) is 10.5 Å². The lowest BCUT2D eigenvalue weighted by Gasteiger charge is -2.16. The average Bonchev–Trinajstić information content (AvgIpc) is 3.50. The van der Waals surface area contributed by atoms with E-state index in [9.17, 15) is 4.79 Å². The molecular weight excluding hydrogens is 422 g/mol. The third kappa shape index (κ3) is 3.75. The van der Waals surface area contributed by atoms with Gasteiger partial charge in [0.2, 0.25) is 0 Å². The molecule has 0 spiro atoms. The summed E-state index contributed by atoms with van der Waals surface area (Å²) in [7, 11) is 3.61. The Labute approximate surface area is 192 Å². The zero-order valence-electron chi connectivity index (χ0n) is 19.3. The van der Waals surface area contributed by atoms with Gasteiger partial charge in [0.05, 0.1) is 24.7 Å². The Morgan fingerprint density at radius 3 is 2.70 bits per heavy atom. The molecule has 5 rings (SSSR count). The molecular formula is C25H27N3O5. The van der Waals surface area contributed by atoms with E-state index in [0.29, 0.717) is 44.3 Å². The van der Waals surface area contributed by atoms with Gasteiger partial charge in [-0.2, -0.15) is 0 Å². The number of cyclic esters (lactones) is 1. The fourth-order valence-corrected chi connectivity index (χ4v) is 4.50. The number of hydrogen-bond donors (Lipinski definition) is 0. The van der Waals surface area contributed by atoms with E-state index in [4.69, 9.17) is 18.7 Å². The summed E-state index contributed by atoms with van der Waals surface area (Å²) < 4.78 is 21.8. The number of carbonyl (C=O) groups excluding carboxylic acids is 1. The van der Waals surface area contributed by atoms with Gasteiger partial charge in [-0.3, -0.25) is 0 Å². The smallest absolute Gasteiger partial charge is 0.409 e. The van der Waals surface area contributed by atoms with Gasteiger partial charge in [0, 0.05) is 13.6 Å². The topological polar surface area (TPSA) is 77.3 Å². The van der Waals surface area contributed by atoms with Crippen LogP contribution in [0.15, 0.2) is 34.9 Å². The lowest BCUT2D eigenvalue weighted by atomic mass is 9.92. The first kappa shape index (κ1) is 21.2. The van der Waals surface area contributed by atoms with E-state index in [1.165, 1.54) is 0 Å². The lowest BCUT2D eigenvalue weighted by molar-refractivity contribution is 0.159. The minimum Gasteiger partial charge on any atom is -0.478 e. The minimum absolute atomic E-state index is 0.247. The summed E-state index contributed by atoms with van der Waals surface area (Å²) in [4.78, 5) is 15.7. The maximum absolute atomic E-state index is 11.9. The maximum atomic E-state index is 11.9. The van der Waals surface area contributed by atoms with Crippen LogP contribution in [0.1, 0.15) is 28.7 Å². The zero-order chi connectivity index (χ0) is 23.1. The molecule has 0 aliphatic carbocycles. The summed E-state index contributed by atoms with van der Waals surface area (Å²) in [5.74, 6) is 1.39. The van der Waals surface area contributed by atoms with Gasteiger partial charge in [0.15, 0.2) is 12.3 Å². The predicted octanol–water partition coefficient (Wildman–Crippen LogP) is 4.51. The Kier molecular flexibility index (Phi) is 5.36. The van der Waals surface area contributed by atoms with Gasteiger partial charge in [-0.1, -0.05) is 6.08 Å². The van der Waals surface area contributed by atoms with E-state index in [2.05, 4.69) is 47.3 Å². The van der Waals surface area contributed by atoms with E-state index in [-0.39, 0.29) is 6.09 Å². The summed E-state index contributed by atoms with van der Waals surface area (Å²) in [5, 5.41) is 4.88. The molecule has 8 nitrogen and oxygen atoms in total. The van der Waals surface area contributed by atoms with Crippen LogP contribution in [0.2, 0.25) is 0 Å². The fourth-order valence-electron chi connectivity index (χ4n) is 4.50. The highest BCUT2D eigenvalue weighted by molar-refractivity contribution is 5.92. The molecule has 0 saturated carbocycles.